The average molecular weight is 402 g/mol. The highest BCUT2D eigenvalue weighted by Crippen LogP contribution is 2.25. The Morgan fingerprint density at radius 2 is 2.18 bits per heavy atom. The first-order valence-electron chi connectivity index (χ1n) is 9.28. The van der Waals surface area contributed by atoms with Crippen LogP contribution in [0.3, 0.4) is 0 Å². The van der Waals surface area contributed by atoms with Gasteiger partial charge in [-0.15, -0.1) is 0 Å². The SMILES string of the molecule is CCN1CCC(CNc2ncc3ncnc(Nc4ccc(F)c(Cl)c4)c3n2)C1. The van der Waals surface area contributed by atoms with Crippen LogP contribution in [-0.4, -0.2) is 51.0 Å². The number of hydrogen-bond donors (Lipinski definition) is 2. The molecule has 0 bridgehead atoms. The third-order valence-corrected chi connectivity index (χ3v) is 5.22. The minimum atomic E-state index is -0.470. The molecule has 3 heterocycles. The van der Waals surface area contributed by atoms with Crippen molar-refractivity contribution in [1.82, 2.24) is 24.8 Å². The molecule has 1 aromatic carbocycles. The normalized spacial score (nSPS) is 17.2. The predicted octanol–water partition coefficient (Wildman–Crippen LogP) is 3.71. The van der Waals surface area contributed by atoms with Crippen molar-refractivity contribution in [3.05, 3.63) is 41.6 Å². The minimum absolute atomic E-state index is 0.0398. The van der Waals surface area contributed by atoms with E-state index in [1.54, 1.807) is 12.3 Å². The number of nitrogens with zero attached hydrogens (tertiary/aromatic N) is 5. The first-order valence-corrected chi connectivity index (χ1v) is 9.66. The van der Waals surface area contributed by atoms with Gasteiger partial charge in [-0.2, -0.15) is 0 Å². The zero-order valence-corrected chi connectivity index (χ0v) is 16.2. The molecule has 0 radical (unpaired) electrons. The summed E-state index contributed by atoms with van der Waals surface area (Å²) in [5.41, 5.74) is 1.82. The summed E-state index contributed by atoms with van der Waals surface area (Å²) >= 11 is 5.86. The predicted molar refractivity (Wildman–Crippen MR) is 109 cm³/mol. The molecular weight excluding hydrogens is 381 g/mol. The third-order valence-electron chi connectivity index (χ3n) is 4.93. The maximum Gasteiger partial charge on any atom is 0.223 e. The second-order valence-electron chi connectivity index (χ2n) is 6.83. The zero-order valence-electron chi connectivity index (χ0n) is 15.5. The van der Waals surface area contributed by atoms with Crippen LogP contribution in [0.1, 0.15) is 13.3 Å². The molecule has 4 rings (SSSR count). The van der Waals surface area contributed by atoms with Crippen LogP contribution in [0.4, 0.5) is 21.8 Å². The Labute approximate surface area is 167 Å². The van der Waals surface area contributed by atoms with Crippen LogP contribution < -0.4 is 10.6 Å². The van der Waals surface area contributed by atoms with Gasteiger partial charge in [0.25, 0.3) is 0 Å². The molecule has 1 saturated heterocycles. The molecule has 146 valence electrons. The van der Waals surface area contributed by atoms with Crippen LogP contribution in [0.5, 0.6) is 0 Å². The Balaban J connectivity index is 1.53. The third kappa shape index (κ3) is 4.13. The maximum atomic E-state index is 13.4. The minimum Gasteiger partial charge on any atom is -0.354 e. The molecule has 1 atom stereocenters. The topological polar surface area (TPSA) is 78.9 Å². The quantitative estimate of drug-likeness (QED) is 0.651. The summed E-state index contributed by atoms with van der Waals surface area (Å²) in [4.78, 5) is 19.9. The second-order valence-corrected chi connectivity index (χ2v) is 7.24. The summed E-state index contributed by atoms with van der Waals surface area (Å²) in [6.07, 6.45) is 4.28. The molecule has 1 aliphatic rings. The van der Waals surface area contributed by atoms with E-state index in [0.717, 1.165) is 26.2 Å². The monoisotopic (exact) mass is 401 g/mol. The summed E-state index contributed by atoms with van der Waals surface area (Å²) in [7, 11) is 0. The van der Waals surface area contributed by atoms with Crippen LogP contribution in [0.15, 0.2) is 30.7 Å². The van der Waals surface area contributed by atoms with Gasteiger partial charge in [0.15, 0.2) is 5.82 Å². The van der Waals surface area contributed by atoms with Crippen molar-refractivity contribution in [1.29, 1.82) is 0 Å². The number of likely N-dealkylation sites (tertiary alicyclic amines) is 1. The molecule has 2 N–H and O–H groups in total. The van der Waals surface area contributed by atoms with Gasteiger partial charge in [-0.25, -0.2) is 24.3 Å². The van der Waals surface area contributed by atoms with Gasteiger partial charge in [0.05, 0.1) is 11.2 Å². The van der Waals surface area contributed by atoms with Gasteiger partial charge in [0.2, 0.25) is 5.95 Å². The van der Waals surface area contributed by atoms with E-state index in [1.165, 1.54) is 24.9 Å². The van der Waals surface area contributed by atoms with E-state index in [2.05, 4.69) is 42.4 Å². The Hall–Kier alpha value is -2.58. The first-order chi connectivity index (χ1) is 13.6. The smallest absolute Gasteiger partial charge is 0.223 e. The molecule has 0 spiro atoms. The van der Waals surface area contributed by atoms with Crippen molar-refractivity contribution in [3.63, 3.8) is 0 Å². The van der Waals surface area contributed by atoms with Gasteiger partial charge in [-0.1, -0.05) is 18.5 Å². The second kappa shape index (κ2) is 8.20. The highest BCUT2D eigenvalue weighted by atomic mass is 35.5. The fourth-order valence-corrected chi connectivity index (χ4v) is 3.52. The van der Waals surface area contributed by atoms with Crippen molar-refractivity contribution in [2.45, 2.75) is 13.3 Å². The number of anilines is 3. The van der Waals surface area contributed by atoms with E-state index in [-0.39, 0.29) is 5.02 Å². The number of benzene rings is 1. The van der Waals surface area contributed by atoms with Crippen LogP contribution in [0, 0.1) is 11.7 Å². The fourth-order valence-electron chi connectivity index (χ4n) is 3.34. The Morgan fingerprint density at radius 3 is 2.96 bits per heavy atom. The molecule has 0 amide bonds. The Morgan fingerprint density at radius 1 is 1.29 bits per heavy atom. The summed E-state index contributed by atoms with van der Waals surface area (Å²) in [5.74, 6) is 1.17. The molecule has 9 heteroatoms. The van der Waals surface area contributed by atoms with Crippen molar-refractivity contribution in [2.75, 3.05) is 36.8 Å². The molecular formula is C19H21ClFN7. The number of aromatic nitrogens is 4. The number of halogens is 2. The summed E-state index contributed by atoms with van der Waals surface area (Å²) in [5, 5.41) is 6.49. The standard InChI is InChI=1S/C19H21ClFN7/c1-2-28-6-5-12(10-28)8-22-19-23-9-16-17(27-19)18(25-11-24-16)26-13-3-4-15(21)14(20)7-13/h3-4,7,9,11-12H,2,5-6,8,10H2,1H3,(H,22,23,27)(H,24,25,26). The van der Waals surface area contributed by atoms with E-state index in [9.17, 15) is 4.39 Å². The fraction of sp³-hybridized carbons (Fsp3) is 0.368. The van der Waals surface area contributed by atoms with Crippen molar-refractivity contribution in [2.24, 2.45) is 5.92 Å². The van der Waals surface area contributed by atoms with E-state index in [0.29, 0.717) is 34.4 Å². The average Bonchev–Trinajstić information content (AvgIpc) is 3.18. The number of nitrogens with one attached hydrogen (secondary N) is 2. The molecule has 1 fully saturated rings. The van der Waals surface area contributed by atoms with Crippen molar-refractivity contribution >= 4 is 40.1 Å². The molecule has 7 nitrogen and oxygen atoms in total. The Bertz CT molecular complexity index is 984. The molecule has 1 aliphatic heterocycles. The zero-order chi connectivity index (χ0) is 19.5. The lowest BCUT2D eigenvalue weighted by molar-refractivity contribution is 0.345. The number of fused-ring (bicyclic) bond motifs is 1. The Kier molecular flexibility index (Phi) is 5.50. The molecule has 0 aliphatic carbocycles. The summed E-state index contributed by atoms with van der Waals surface area (Å²) in [6, 6.07) is 4.40. The van der Waals surface area contributed by atoms with Crippen molar-refractivity contribution < 1.29 is 4.39 Å². The molecule has 2 aromatic heterocycles. The van der Waals surface area contributed by atoms with Gasteiger partial charge in [-0.05, 0) is 43.6 Å². The van der Waals surface area contributed by atoms with Crippen LogP contribution in [-0.2, 0) is 0 Å². The molecule has 1 unspecified atom stereocenters. The highest BCUT2D eigenvalue weighted by molar-refractivity contribution is 6.31. The van der Waals surface area contributed by atoms with Gasteiger partial charge in [-0.3, -0.25) is 0 Å². The van der Waals surface area contributed by atoms with Crippen molar-refractivity contribution in [3.8, 4) is 0 Å². The first kappa shape index (κ1) is 18.8. The van der Waals surface area contributed by atoms with E-state index in [1.807, 2.05) is 0 Å². The number of rotatable bonds is 6. The van der Waals surface area contributed by atoms with E-state index < -0.39 is 5.82 Å². The molecule has 28 heavy (non-hydrogen) atoms. The summed E-state index contributed by atoms with van der Waals surface area (Å²) < 4.78 is 13.4. The van der Waals surface area contributed by atoms with Gasteiger partial charge in [0, 0.05) is 18.8 Å². The van der Waals surface area contributed by atoms with Gasteiger partial charge < -0.3 is 15.5 Å². The van der Waals surface area contributed by atoms with Gasteiger partial charge in [0.1, 0.15) is 23.2 Å². The van der Waals surface area contributed by atoms with Crippen LogP contribution in [0.2, 0.25) is 5.02 Å². The summed E-state index contributed by atoms with van der Waals surface area (Å²) in [6.45, 7) is 6.34. The lowest BCUT2D eigenvalue weighted by Crippen LogP contribution is -2.22. The van der Waals surface area contributed by atoms with E-state index in [4.69, 9.17) is 11.6 Å². The van der Waals surface area contributed by atoms with Gasteiger partial charge >= 0.3 is 0 Å². The lowest BCUT2D eigenvalue weighted by atomic mass is 10.1. The van der Waals surface area contributed by atoms with Crippen LogP contribution >= 0.6 is 11.6 Å². The molecule has 0 saturated carbocycles. The maximum absolute atomic E-state index is 13.4. The lowest BCUT2D eigenvalue weighted by Gasteiger charge is -2.14. The number of hydrogen-bond acceptors (Lipinski definition) is 7. The van der Waals surface area contributed by atoms with E-state index >= 15 is 0 Å². The largest absolute Gasteiger partial charge is 0.354 e. The highest BCUT2D eigenvalue weighted by Gasteiger charge is 2.21. The molecule has 3 aromatic rings. The van der Waals surface area contributed by atoms with Crippen LogP contribution in [0.25, 0.3) is 11.0 Å².